The third-order valence-electron chi connectivity index (χ3n) is 3.65. The topological polar surface area (TPSA) is 57.0 Å². The van der Waals surface area contributed by atoms with Crippen molar-refractivity contribution in [3.63, 3.8) is 0 Å². The Bertz CT molecular complexity index is 196. The first-order valence-electron chi connectivity index (χ1n) is 6.86. The summed E-state index contributed by atoms with van der Waals surface area (Å²) in [4.78, 5) is 2.38. The highest BCUT2D eigenvalue weighted by Gasteiger charge is 2.25. The van der Waals surface area contributed by atoms with Gasteiger partial charge in [0.2, 0.25) is 0 Å². The van der Waals surface area contributed by atoms with E-state index in [-0.39, 0.29) is 12.3 Å². The van der Waals surface area contributed by atoms with Crippen LogP contribution in [-0.4, -0.2) is 63.8 Å². The zero-order valence-electron chi connectivity index (χ0n) is 11.9. The van der Waals surface area contributed by atoms with Crippen LogP contribution in [0.2, 0.25) is 0 Å². The SMILES string of the molecule is CCN(CC1CCCO1)C(CN)CC(OC)OC. The summed E-state index contributed by atoms with van der Waals surface area (Å²) >= 11 is 0. The van der Waals surface area contributed by atoms with Crippen LogP contribution >= 0.6 is 0 Å². The Kier molecular flexibility index (Phi) is 7.77. The zero-order chi connectivity index (χ0) is 13.4. The van der Waals surface area contributed by atoms with Crippen LogP contribution in [0.4, 0.5) is 0 Å². The van der Waals surface area contributed by atoms with E-state index < -0.39 is 0 Å². The van der Waals surface area contributed by atoms with Gasteiger partial charge in [-0.2, -0.15) is 0 Å². The molecule has 1 aliphatic heterocycles. The third kappa shape index (κ3) is 4.82. The standard InChI is InChI=1S/C13H28N2O3/c1-4-15(10-12-6-5-7-18-12)11(9-14)8-13(16-2)17-3/h11-13H,4-10,14H2,1-3H3. The van der Waals surface area contributed by atoms with Gasteiger partial charge in [-0.1, -0.05) is 6.92 Å². The molecule has 0 saturated carbocycles. The molecule has 1 fully saturated rings. The maximum Gasteiger partial charge on any atom is 0.158 e. The van der Waals surface area contributed by atoms with Crippen LogP contribution in [0.5, 0.6) is 0 Å². The van der Waals surface area contributed by atoms with Gasteiger partial charge < -0.3 is 19.9 Å². The Labute approximate surface area is 111 Å². The lowest BCUT2D eigenvalue weighted by Crippen LogP contribution is -2.46. The number of likely N-dealkylation sites (N-methyl/N-ethyl adjacent to an activating group) is 1. The van der Waals surface area contributed by atoms with Crippen LogP contribution in [0.25, 0.3) is 0 Å². The van der Waals surface area contributed by atoms with Crippen LogP contribution in [0.1, 0.15) is 26.2 Å². The van der Waals surface area contributed by atoms with Crippen LogP contribution in [-0.2, 0) is 14.2 Å². The first-order valence-corrected chi connectivity index (χ1v) is 6.86. The molecule has 0 aromatic rings. The Balaban J connectivity index is 2.47. The predicted octanol–water partition coefficient (Wildman–Crippen LogP) is 0.824. The number of nitrogens with zero attached hydrogens (tertiary/aromatic N) is 1. The van der Waals surface area contributed by atoms with E-state index >= 15 is 0 Å². The van der Waals surface area contributed by atoms with E-state index in [2.05, 4.69) is 11.8 Å². The largest absolute Gasteiger partial charge is 0.377 e. The van der Waals surface area contributed by atoms with Crippen molar-refractivity contribution in [2.24, 2.45) is 5.73 Å². The first-order chi connectivity index (χ1) is 8.74. The Morgan fingerprint density at radius 3 is 2.56 bits per heavy atom. The van der Waals surface area contributed by atoms with Crippen LogP contribution in [0.15, 0.2) is 0 Å². The second-order valence-corrected chi connectivity index (χ2v) is 4.75. The molecule has 0 radical (unpaired) electrons. The lowest BCUT2D eigenvalue weighted by molar-refractivity contribution is -0.117. The highest BCUT2D eigenvalue weighted by molar-refractivity contribution is 4.78. The van der Waals surface area contributed by atoms with Gasteiger partial charge in [-0.3, -0.25) is 4.90 Å². The Morgan fingerprint density at radius 2 is 2.11 bits per heavy atom. The molecular formula is C13H28N2O3. The minimum absolute atomic E-state index is 0.183. The zero-order valence-corrected chi connectivity index (χ0v) is 11.9. The van der Waals surface area contributed by atoms with E-state index in [1.807, 2.05) is 0 Å². The number of hydrogen-bond donors (Lipinski definition) is 1. The molecule has 0 amide bonds. The van der Waals surface area contributed by atoms with E-state index in [0.29, 0.717) is 12.6 Å². The molecule has 1 saturated heterocycles. The second-order valence-electron chi connectivity index (χ2n) is 4.75. The van der Waals surface area contributed by atoms with Gasteiger partial charge in [0.25, 0.3) is 0 Å². The molecule has 1 aliphatic rings. The summed E-state index contributed by atoms with van der Waals surface area (Å²) < 4.78 is 16.2. The minimum Gasteiger partial charge on any atom is -0.377 e. The van der Waals surface area contributed by atoms with Gasteiger partial charge in [0, 0.05) is 46.4 Å². The summed E-state index contributed by atoms with van der Waals surface area (Å²) in [5.41, 5.74) is 5.89. The lowest BCUT2D eigenvalue weighted by Gasteiger charge is -2.33. The number of nitrogens with two attached hydrogens (primary N) is 1. The number of rotatable bonds is 9. The molecular weight excluding hydrogens is 232 g/mol. The van der Waals surface area contributed by atoms with Crippen LogP contribution < -0.4 is 5.73 Å². The fourth-order valence-corrected chi connectivity index (χ4v) is 2.49. The summed E-state index contributed by atoms with van der Waals surface area (Å²) in [6.45, 7) is 5.60. The van der Waals surface area contributed by atoms with Crippen molar-refractivity contribution in [1.82, 2.24) is 4.90 Å². The van der Waals surface area contributed by atoms with Crippen molar-refractivity contribution in [3.05, 3.63) is 0 Å². The summed E-state index contributed by atoms with van der Waals surface area (Å²) in [5.74, 6) is 0. The highest BCUT2D eigenvalue weighted by atomic mass is 16.7. The molecule has 0 aromatic heterocycles. The molecule has 108 valence electrons. The molecule has 2 atom stereocenters. The number of hydrogen-bond acceptors (Lipinski definition) is 5. The summed E-state index contributed by atoms with van der Waals surface area (Å²) in [6.07, 6.45) is 3.31. The fourth-order valence-electron chi connectivity index (χ4n) is 2.49. The van der Waals surface area contributed by atoms with Gasteiger partial charge in [-0.15, -0.1) is 0 Å². The first kappa shape index (κ1) is 15.9. The highest BCUT2D eigenvalue weighted by Crippen LogP contribution is 2.16. The molecule has 5 heteroatoms. The van der Waals surface area contributed by atoms with E-state index in [1.54, 1.807) is 14.2 Å². The van der Waals surface area contributed by atoms with Crippen LogP contribution in [0.3, 0.4) is 0 Å². The van der Waals surface area contributed by atoms with Crippen molar-refractivity contribution >= 4 is 0 Å². The quantitative estimate of drug-likeness (QED) is 0.622. The van der Waals surface area contributed by atoms with Gasteiger partial charge in [0.15, 0.2) is 6.29 Å². The van der Waals surface area contributed by atoms with Gasteiger partial charge >= 0.3 is 0 Å². The second kappa shape index (κ2) is 8.82. The Hall–Kier alpha value is -0.200. The molecule has 5 nitrogen and oxygen atoms in total. The normalized spacial score (nSPS) is 22.0. The van der Waals surface area contributed by atoms with E-state index in [0.717, 1.165) is 32.5 Å². The maximum atomic E-state index is 5.89. The molecule has 1 rings (SSSR count). The summed E-state index contributed by atoms with van der Waals surface area (Å²) in [6, 6.07) is 0.282. The minimum atomic E-state index is -0.183. The maximum absolute atomic E-state index is 5.89. The smallest absolute Gasteiger partial charge is 0.158 e. The van der Waals surface area contributed by atoms with E-state index in [4.69, 9.17) is 19.9 Å². The molecule has 1 heterocycles. The Morgan fingerprint density at radius 1 is 1.39 bits per heavy atom. The monoisotopic (exact) mass is 260 g/mol. The van der Waals surface area contributed by atoms with Crippen molar-refractivity contribution in [2.75, 3.05) is 40.5 Å². The average molecular weight is 260 g/mol. The number of methoxy groups -OCH3 is 2. The molecule has 0 bridgehead atoms. The van der Waals surface area contributed by atoms with Crippen molar-refractivity contribution < 1.29 is 14.2 Å². The molecule has 18 heavy (non-hydrogen) atoms. The summed E-state index contributed by atoms with van der Waals surface area (Å²) in [7, 11) is 3.33. The van der Waals surface area contributed by atoms with E-state index in [9.17, 15) is 0 Å². The van der Waals surface area contributed by atoms with Crippen LogP contribution in [0, 0.1) is 0 Å². The van der Waals surface area contributed by atoms with Gasteiger partial charge in [-0.25, -0.2) is 0 Å². The lowest BCUT2D eigenvalue weighted by atomic mass is 10.1. The molecule has 0 aromatic carbocycles. The van der Waals surface area contributed by atoms with Crippen molar-refractivity contribution in [2.45, 2.75) is 44.6 Å². The van der Waals surface area contributed by atoms with Crippen molar-refractivity contribution in [3.8, 4) is 0 Å². The van der Waals surface area contributed by atoms with Crippen molar-refractivity contribution in [1.29, 1.82) is 0 Å². The average Bonchev–Trinajstić information content (AvgIpc) is 2.91. The van der Waals surface area contributed by atoms with E-state index in [1.165, 1.54) is 6.42 Å². The fraction of sp³-hybridized carbons (Fsp3) is 1.00. The predicted molar refractivity (Wildman–Crippen MR) is 71.5 cm³/mol. The number of ether oxygens (including phenoxy) is 3. The molecule has 0 aliphatic carbocycles. The molecule has 2 unspecified atom stereocenters. The molecule has 0 spiro atoms. The van der Waals surface area contributed by atoms with Gasteiger partial charge in [0.1, 0.15) is 0 Å². The van der Waals surface area contributed by atoms with Gasteiger partial charge in [-0.05, 0) is 19.4 Å². The summed E-state index contributed by atoms with van der Waals surface area (Å²) in [5, 5.41) is 0. The molecule has 2 N–H and O–H groups in total. The van der Waals surface area contributed by atoms with Gasteiger partial charge in [0.05, 0.1) is 6.10 Å². The third-order valence-corrected chi connectivity index (χ3v) is 3.65.